The van der Waals surface area contributed by atoms with E-state index in [1.807, 2.05) is 30.5 Å². The lowest BCUT2D eigenvalue weighted by molar-refractivity contribution is 0.414. The molecule has 0 aliphatic carbocycles. The molecule has 0 aliphatic heterocycles. The summed E-state index contributed by atoms with van der Waals surface area (Å²) in [6, 6.07) is 18.5. The molecule has 19 heavy (non-hydrogen) atoms. The molecule has 0 unspecified atom stereocenters. The van der Waals surface area contributed by atoms with Gasteiger partial charge in [0, 0.05) is 11.6 Å². The summed E-state index contributed by atoms with van der Waals surface area (Å²) in [5, 5.41) is 1.22. The lowest BCUT2D eigenvalue weighted by Gasteiger charge is -2.07. The Kier molecular flexibility index (Phi) is 3.15. The fourth-order valence-electron chi connectivity index (χ4n) is 2.27. The van der Waals surface area contributed by atoms with E-state index in [0.29, 0.717) is 0 Å². The maximum absolute atomic E-state index is 5.18. The van der Waals surface area contributed by atoms with E-state index >= 15 is 0 Å². The third kappa shape index (κ3) is 2.43. The van der Waals surface area contributed by atoms with E-state index in [0.717, 1.165) is 17.7 Å². The Balaban J connectivity index is 1.96. The van der Waals surface area contributed by atoms with Gasteiger partial charge in [0.2, 0.25) is 0 Å². The summed E-state index contributed by atoms with van der Waals surface area (Å²) in [6.45, 7) is 0. The Hall–Kier alpha value is -2.35. The van der Waals surface area contributed by atoms with Crippen LogP contribution in [0.4, 0.5) is 0 Å². The van der Waals surface area contributed by atoms with E-state index in [4.69, 9.17) is 4.74 Å². The number of ether oxygens (including phenoxy) is 1. The number of rotatable bonds is 3. The molecule has 0 bridgehead atoms. The SMILES string of the molecule is COc1ccc(Cc2ccnc3ccccc23)cc1. The fraction of sp³-hybridized carbons (Fsp3) is 0.118. The van der Waals surface area contributed by atoms with Crippen LogP contribution in [0.15, 0.2) is 60.8 Å². The molecule has 2 nitrogen and oxygen atoms in total. The van der Waals surface area contributed by atoms with E-state index in [1.165, 1.54) is 16.5 Å². The number of nitrogens with zero attached hydrogens (tertiary/aromatic N) is 1. The quantitative estimate of drug-likeness (QED) is 0.703. The van der Waals surface area contributed by atoms with Crippen LogP contribution in [0.5, 0.6) is 5.75 Å². The average Bonchev–Trinajstić information content (AvgIpc) is 2.48. The molecule has 3 aromatic rings. The van der Waals surface area contributed by atoms with Gasteiger partial charge >= 0.3 is 0 Å². The van der Waals surface area contributed by atoms with Crippen molar-refractivity contribution in [2.24, 2.45) is 0 Å². The molecule has 2 heteroatoms. The minimum Gasteiger partial charge on any atom is -0.497 e. The standard InChI is InChI=1S/C17H15NO/c1-19-15-8-6-13(7-9-15)12-14-10-11-18-17-5-3-2-4-16(14)17/h2-11H,12H2,1H3. The second-order valence-electron chi connectivity index (χ2n) is 4.51. The molecule has 0 fully saturated rings. The zero-order valence-electron chi connectivity index (χ0n) is 10.8. The zero-order valence-corrected chi connectivity index (χ0v) is 10.8. The summed E-state index contributed by atoms with van der Waals surface area (Å²) in [5.41, 5.74) is 3.63. The third-order valence-corrected chi connectivity index (χ3v) is 3.29. The van der Waals surface area contributed by atoms with Crippen molar-refractivity contribution in [2.75, 3.05) is 7.11 Å². The van der Waals surface area contributed by atoms with Crippen LogP contribution in [-0.2, 0) is 6.42 Å². The van der Waals surface area contributed by atoms with Gasteiger partial charge in [0.1, 0.15) is 5.75 Å². The number of hydrogen-bond acceptors (Lipinski definition) is 2. The Morgan fingerprint density at radius 2 is 1.74 bits per heavy atom. The number of methoxy groups -OCH3 is 1. The van der Waals surface area contributed by atoms with Crippen LogP contribution in [0, 0.1) is 0 Å². The average molecular weight is 249 g/mol. The van der Waals surface area contributed by atoms with Crippen molar-refractivity contribution < 1.29 is 4.74 Å². The van der Waals surface area contributed by atoms with E-state index < -0.39 is 0 Å². The number of aromatic nitrogens is 1. The van der Waals surface area contributed by atoms with Crippen molar-refractivity contribution >= 4 is 10.9 Å². The molecule has 0 atom stereocenters. The Morgan fingerprint density at radius 3 is 2.53 bits per heavy atom. The fourth-order valence-corrected chi connectivity index (χ4v) is 2.27. The summed E-state index contributed by atoms with van der Waals surface area (Å²) in [4.78, 5) is 4.39. The monoisotopic (exact) mass is 249 g/mol. The Labute approximate surface area is 112 Å². The maximum Gasteiger partial charge on any atom is 0.118 e. The highest BCUT2D eigenvalue weighted by molar-refractivity contribution is 5.82. The second-order valence-corrected chi connectivity index (χ2v) is 4.51. The number of fused-ring (bicyclic) bond motifs is 1. The largest absolute Gasteiger partial charge is 0.497 e. The van der Waals surface area contributed by atoms with E-state index in [1.54, 1.807) is 7.11 Å². The second kappa shape index (κ2) is 5.11. The predicted octanol–water partition coefficient (Wildman–Crippen LogP) is 3.83. The molecule has 0 saturated carbocycles. The van der Waals surface area contributed by atoms with Gasteiger partial charge in [-0.05, 0) is 41.8 Å². The van der Waals surface area contributed by atoms with Crippen LogP contribution in [-0.4, -0.2) is 12.1 Å². The van der Waals surface area contributed by atoms with E-state index in [2.05, 4.69) is 35.3 Å². The molecule has 2 aromatic carbocycles. The molecular formula is C17H15NO. The van der Waals surface area contributed by atoms with Crippen molar-refractivity contribution in [3.63, 3.8) is 0 Å². The normalized spacial score (nSPS) is 10.6. The summed E-state index contributed by atoms with van der Waals surface area (Å²) in [7, 11) is 1.69. The first-order valence-corrected chi connectivity index (χ1v) is 6.32. The minimum atomic E-state index is 0.892. The summed E-state index contributed by atoms with van der Waals surface area (Å²) in [6.07, 6.45) is 2.79. The molecule has 0 aliphatic rings. The number of para-hydroxylation sites is 1. The van der Waals surface area contributed by atoms with Crippen LogP contribution in [0.25, 0.3) is 10.9 Å². The van der Waals surface area contributed by atoms with Gasteiger partial charge in [-0.15, -0.1) is 0 Å². The molecule has 1 aromatic heterocycles. The number of pyridine rings is 1. The zero-order chi connectivity index (χ0) is 13.1. The lowest BCUT2D eigenvalue weighted by Crippen LogP contribution is -1.91. The van der Waals surface area contributed by atoms with Gasteiger partial charge in [-0.2, -0.15) is 0 Å². The van der Waals surface area contributed by atoms with Gasteiger partial charge in [0.15, 0.2) is 0 Å². The van der Waals surface area contributed by atoms with Gasteiger partial charge in [0.25, 0.3) is 0 Å². The number of benzene rings is 2. The third-order valence-electron chi connectivity index (χ3n) is 3.29. The van der Waals surface area contributed by atoms with Crippen molar-refractivity contribution in [3.8, 4) is 5.75 Å². The van der Waals surface area contributed by atoms with Gasteiger partial charge in [-0.3, -0.25) is 4.98 Å². The maximum atomic E-state index is 5.18. The first-order valence-electron chi connectivity index (χ1n) is 6.32. The highest BCUT2D eigenvalue weighted by Gasteiger charge is 2.02. The van der Waals surface area contributed by atoms with Crippen molar-refractivity contribution in [1.29, 1.82) is 0 Å². The molecular weight excluding hydrogens is 234 g/mol. The van der Waals surface area contributed by atoms with Crippen LogP contribution in [0.3, 0.4) is 0 Å². The van der Waals surface area contributed by atoms with Gasteiger partial charge in [-0.25, -0.2) is 0 Å². The van der Waals surface area contributed by atoms with E-state index in [9.17, 15) is 0 Å². The summed E-state index contributed by atoms with van der Waals surface area (Å²) in [5.74, 6) is 0.892. The van der Waals surface area contributed by atoms with Gasteiger partial charge in [-0.1, -0.05) is 30.3 Å². The Morgan fingerprint density at radius 1 is 0.947 bits per heavy atom. The van der Waals surface area contributed by atoms with Gasteiger partial charge < -0.3 is 4.74 Å². The molecule has 3 rings (SSSR count). The van der Waals surface area contributed by atoms with Crippen LogP contribution in [0.2, 0.25) is 0 Å². The molecule has 0 amide bonds. The lowest BCUT2D eigenvalue weighted by atomic mass is 10.0. The molecule has 94 valence electrons. The van der Waals surface area contributed by atoms with Crippen molar-refractivity contribution in [3.05, 3.63) is 71.9 Å². The summed E-state index contributed by atoms with van der Waals surface area (Å²) < 4.78 is 5.18. The van der Waals surface area contributed by atoms with E-state index in [-0.39, 0.29) is 0 Å². The molecule has 1 heterocycles. The first kappa shape index (κ1) is 11.7. The van der Waals surface area contributed by atoms with Crippen molar-refractivity contribution in [1.82, 2.24) is 4.98 Å². The molecule has 0 radical (unpaired) electrons. The topological polar surface area (TPSA) is 22.1 Å². The van der Waals surface area contributed by atoms with Gasteiger partial charge in [0.05, 0.1) is 12.6 Å². The molecule has 0 N–H and O–H groups in total. The highest BCUT2D eigenvalue weighted by atomic mass is 16.5. The smallest absolute Gasteiger partial charge is 0.118 e. The molecule has 0 spiro atoms. The highest BCUT2D eigenvalue weighted by Crippen LogP contribution is 2.20. The molecule has 0 saturated heterocycles. The van der Waals surface area contributed by atoms with Crippen molar-refractivity contribution in [2.45, 2.75) is 6.42 Å². The minimum absolute atomic E-state index is 0.892. The first-order chi connectivity index (χ1) is 9.36. The summed E-state index contributed by atoms with van der Waals surface area (Å²) >= 11 is 0. The predicted molar refractivity (Wildman–Crippen MR) is 77.5 cm³/mol. The number of hydrogen-bond donors (Lipinski definition) is 0. The Bertz CT molecular complexity index is 684. The van der Waals surface area contributed by atoms with Crippen LogP contribution in [0.1, 0.15) is 11.1 Å². The van der Waals surface area contributed by atoms with Crippen LogP contribution < -0.4 is 4.74 Å². The van der Waals surface area contributed by atoms with Crippen LogP contribution >= 0.6 is 0 Å².